The molecule has 28 heavy (non-hydrogen) atoms. The number of ether oxygens (including phenoxy) is 3. The van der Waals surface area contributed by atoms with E-state index in [1.54, 1.807) is 25.3 Å². The maximum Gasteiger partial charge on any atom is 0.260 e. The predicted molar refractivity (Wildman–Crippen MR) is 107 cm³/mol. The second kappa shape index (κ2) is 11.5. The zero-order valence-electron chi connectivity index (χ0n) is 17.2. The summed E-state index contributed by atoms with van der Waals surface area (Å²) in [5.41, 5.74) is 0.488. The number of hydrogen-bond acceptors (Lipinski definition) is 5. The third-order valence-electron chi connectivity index (χ3n) is 4.70. The van der Waals surface area contributed by atoms with Crippen LogP contribution in [0.15, 0.2) is 18.2 Å². The fourth-order valence-corrected chi connectivity index (χ4v) is 3.08. The third kappa shape index (κ3) is 6.71. The van der Waals surface area contributed by atoms with Gasteiger partial charge in [0, 0.05) is 38.4 Å². The topological polar surface area (TPSA) is 77.1 Å². The van der Waals surface area contributed by atoms with Crippen molar-refractivity contribution in [1.29, 1.82) is 0 Å². The Kier molecular flexibility index (Phi) is 9.07. The molecular formula is C21H32N2O5. The van der Waals surface area contributed by atoms with Gasteiger partial charge in [-0.25, -0.2) is 0 Å². The minimum absolute atomic E-state index is 0.00100. The molecule has 1 saturated heterocycles. The second-order valence-corrected chi connectivity index (χ2v) is 6.98. The zero-order valence-corrected chi connectivity index (χ0v) is 17.2. The average molecular weight is 392 g/mol. The van der Waals surface area contributed by atoms with Crippen molar-refractivity contribution in [2.75, 3.05) is 40.0 Å². The SMILES string of the molecule is CCOc1cc(C(=O)NC(C)CCOC)ccc1OCC(=O)N1CCCCC1. The van der Waals surface area contributed by atoms with Crippen molar-refractivity contribution < 1.29 is 23.8 Å². The largest absolute Gasteiger partial charge is 0.490 e. The van der Waals surface area contributed by atoms with Crippen LogP contribution >= 0.6 is 0 Å². The minimum Gasteiger partial charge on any atom is -0.490 e. The van der Waals surface area contributed by atoms with Crippen molar-refractivity contribution in [1.82, 2.24) is 10.2 Å². The molecule has 1 unspecified atom stereocenters. The van der Waals surface area contributed by atoms with Gasteiger partial charge in [0.25, 0.3) is 11.8 Å². The van der Waals surface area contributed by atoms with E-state index in [9.17, 15) is 9.59 Å². The lowest BCUT2D eigenvalue weighted by Gasteiger charge is -2.26. The molecule has 1 aromatic carbocycles. The van der Waals surface area contributed by atoms with Crippen LogP contribution in [-0.4, -0.2) is 62.8 Å². The molecule has 156 valence electrons. The summed E-state index contributed by atoms with van der Waals surface area (Å²) < 4.78 is 16.4. The molecule has 1 heterocycles. The number of amides is 2. The smallest absolute Gasteiger partial charge is 0.260 e. The van der Waals surface area contributed by atoms with Crippen LogP contribution in [-0.2, 0) is 9.53 Å². The number of hydrogen-bond donors (Lipinski definition) is 1. The molecule has 2 rings (SSSR count). The normalized spacial score (nSPS) is 15.0. The summed E-state index contributed by atoms with van der Waals surface area (Å²) in [5.74, 6) is 0.735. The van der Waals surface area contributed by atoms with Crippen LogP contribution in [0.2, 0.25) is 0 Å². The van der Waals surface area contributed by atoms with E-state index >= 15 is 0 Å². The van der Waals surface area contributed by atoms with Gasteiger partial charge >= 0.3 is 0 Å². The summed E-state index contributed by atoms with van der Waals surface area (Å²) in [7, 11) is 1.64. The maximum absolute atomic E-state index is 12.4. The van der Waals surface area contributed by atoms with E-state index in [0.717, 1.165) is 32.4 Å². The molecule has 0 bridgehead atoms. The first kappa shape index (κ1) is 22.0. The summed E-state index contributed by atoms with van der Waals surface area (Å²) >= 11 is 0. The van der Waals surface area contributed by atoms with Crippen molar-refractivity contribution in [3.63, 3.8) is 0 Å². The Morgan fingerprint density at radius 3 is 2.57 bits per heavy atom. The van der Waals surface area contributed by atoms with Crippen molar-refractivity contribution in [2.24, 2.45) is 0 Å². The van der Waals surface area contributed by atoms with Gasteiger partial charge in [-0.2, -0.15) is 0 Å². The van der Waals surface area contributed by atoms with Gasteiger partial charge in [-0.1, -0.05) is 0 Å². The van der Waals surface area contributed by atoms with Gasteiger partial charge in [0.1, 0.15) is 0 Å². The fourth-order valence-electron chi connectivity index (χ4n) is 3.08. The van der Waals surface area contributed by atoms with Gasteiger partial charge in [0.15, 0.2) is 18.1 Å². The van der Waals surface area contributed by atoms with E-state index < -0.39 is 0 Å². The molecule has 1 aromatic rings. The lowest BCUT2D eigenvalue weighted by Crippen LogP contribution is -2.38. The quantitative estimate of drug-likeness (QED) is 0.662. The van der Waals surface area contributed by atoms with E-state index in [1.165, 1.54) is 6.42 Å². The van der Waals surface area contributed by atoms with E-state index in [0.29, 0.717) is 30.3 Å². The van der Waals surface area contributed by atoms with Crippen LogP contribution in [0.25, 0.3) is 0 Å². The Morgan fingerprint density at radius 1 is 1.14 bits per heavy atom. The Bertz CT molecular complexity index is 644. The molecule has 1 atom stereocenters. The first-order valence-corrected chi connectivity index (χ1v) is 10.0. The summed E-state index contributed by atoms with van der Waals surface area (Å²) in [4.78, 5) is 26.6. The Hall–Kier alpha value is -2.28. The Morgan fingerprint density at radius 2 is 1.89 bits per heavy atom. The molecule has 0 saturated carbocycles. The number of carbonyl (C=O) groups excluding carboxylic acids is 2. The van der Waals surface area contributed by atoms with Gasteiger partial charge in [0.05, 0.1) is 6.61 Å². The number of benzene rings is 1. The van der Waals surface area contributed by atoms with Gasteiger partial charge < -0.3 is 24.4 Å². The van der Waals surface area contributed by atoms with Crippen molar-refractivity contribution in [3.8, 4) is 11.5 Å². The van der Waals surface area contributed by atoms with Gasteiger partial charge in [-0.15, -0.1) is 0 Å². The summed E-state index contributed by atoms with van der Waals surface area (Å²) in [5, 5.41) is 2.94. The number of carbonyl (C=O) groups is 2. The van der Waals surface area contributed by atoms with Gasteiger partial charge in [-0.3, -0.25) is 9.59 Å². The average Bonchev–Trinajstić information content (AvgIpc) is 2.71. The van der Waals surface area contributed by atoms with Gasteiger partial charge in [-0.05, 0) is 57.7 Å². The molecule has 1 aliphatic heterocycles. The predicted octanol–water partition coefficient (Wildman–Crippen LogP) is 2.63. The monoisotopic (exact) mass is 392 g/mol. The number of piperidine rings is 1. The van der Waals surface area contributed by atoms with Crippen molar-refractivity contribution >= 4 is 11.8 Å². The lowest BCUT2D eigenvalue weighted by molar-refractivity contribution is -0.134. The minimum atomic E-state index is -0.180. The number of likely N-dealkylation sites (tertiary alicyclic amines) is 1. The Balaban J connectivity index is 1.98. The first-order valence-electron chi connectivity index (χ1n) is 10.0. The molecule has 0 aromatic heterocycles. The molecule has 7 nitrogen and oxygen atoms in total. The highest BCUT2D eigenvalue weighted by atomic mass is 16.5. The molecule has 1 N–H and O–H groups in total. The number of nitrogens with zero attached hydrogens (tertiary/aromatic N) is 1. The van der Waals surface area contributed by atoms with E-state index in [-0.39, 0.29) is 24.5 Å². The third-order valence-corrected chi connectivity index (χ3v) is 4.70. The Labute approximate surface area is 167 Å². The highest BCUT2D eigenvalue weighted by Gasteiger charge is 2.18. The molecule has 7 heteroatoms. The summed E-state index contributed by atoms with van der Waals surface area (Å²) in [6.07, 6.45) is 4.00. The van der Waals surface area contributed by atoms with E-state index in [1.807, 2.05) is 18.7 Å². The zero-order chi connectivity index (χ0) is 20.4. The molecule has 0 spiro atoms. The number of rotatable bonds is 10. The molecule has 1 aliphatic rings. The van der Waals surface area contributed by atoms with Crippen LogP contribution in [0, 0.1) is 0 Å². The highest BCUT2D eigenvalue weighted by Crippen LogP contribution is 2.28. The summed E-state index contributed by atoms with van der Waals surface area (Å²) in [6, 6.07) is 5.02. The molecule has 0 aliphatic carbocycles. The van der Waals surface area contributed by atoms with Crippen LogP contribution in [0.3, 0.4) is 0 Å². The number of methoxy groups -OCH3 is 1. The van der Waals surface area contributed by atoms with Crippen molar-refractivity contribution in [2.45, 2.75) is 45.6 Å². The fraction of sp³-hybridized carbons (Fsp3) is 0.619. The molecule has 2 amide bonds. The summed E-state index contributed by atoms with van der Waals surface area (Å²) in [6.45, 7) is 6.38. The molecule has 0 radical (unpaired) electrons. The molecular weight excluding hydrogens is 360 g/mol. The van der Waals surface area contributed by atoms with Crippen LogP contribution < -0.4 is 14.8 Å². The molecule has 1 fully saturated rings. The van der Waals surface area contributed by atoms with E-state index in [2.05, 4.69) is 5.32 Å². The maximum atomic E-state index is 12.4. The van der Waals surface area contributed by atoms with Crippen molar-refractivity contribution in [3.05, 3.63) is 23.8 Å². The first-order chi connectivity index (χ1) is 13.5. The number of nitrogens with one attached hydrogen (secondary N) is 1. The highest BCUT2D eigenvalue weighted by molar-refractivity contribution is 5.95. The van der Waals surface area contributed by atoms with Gasteiger partial charge in [0.2, 0.25) is 0 Å². The second-order valence-electron chi connectivity index (χ2n) is 6.98. The van der Waals surface area contributed by atoms with Crippen LogP contribution in [0.5, 0.6) is 11.5 Å². The van der Waals surface area contributed by atoms with Crippen LogP contribution in [0.4, 0.5) is 0 Å². The lowest BCUT2D eigenvalue weighted by atomic mass is 10.1. The standard InChI is InChI=1S/C21H32N2O5/c1-4-27-19-14-17(21(25)22-16(2)10-13-26-3)8-9-18(19)28-15-20(24)23-11-6-5-7-12-23/h8-9,14,16H,4-7,10-13,15H2,1-3H3,(H,22,25). The van der Waals surface area contributed by atoms with Crippen LogP contribution in [0.1, 0.15) is 49.9 Å². The van der Waals surface area contributed by atoms with E-state index in [4.69, 9.17) is 14.2 Å².